The van der Waals surface area contributed by atoms with Gasteiger partial charge in [0.25, 0.3) is 0 Å². The minimum atomic E-state index is -0.524. The number of fused-ring (bicyclic) bond motifs is 1. The van der Waals surface area contributed by atoms with Gasteiger partial charge < -0.3 is 19.3 Å². The van der Waals surface area contributed by atoms with Crippen LogP contribution in [0, 0.1) is 0 Å². The topological polar surface area (TPSA) is 70.8 Å². The van der Waals surface area contributed by atoms with Crippen LogP contribution >= 0.6 is 11.6 Å². The van der Waals surface area contributed by atoms with E-state index in [1.54, 1.807) is 4.90 Å². The van der Waals surface area contributed by atoms with E-state index in [1.807, 2.05) is 36.9 Å². The zero-order valence-electron chi connectivity index (χ0n) is 17.8. The summed E-state index contributed by atoms with van der Waals surface area (Å²) in [7, 11) is 3.79. The van der Waals surface area contributed by atoms with Crippen molar-refractivity contribution in [1.82, 2.24) is 19.4 Å². The molecule has 7 nitrogen and oxygen atoms in total. The molecule has 30 heavy (non-hydrogen) atoms. The summed E-state index contributed by atoms with van der Waals surface area (Å²) in [6.07, 6.45) is 3.24. The molecule has 1 saturated carbocycles. The van der Waals surface area contributed by atoms with Gasteiger partial charge in [-0.25, -0.2) is 4.98 Å². The molecule has 0 bridgehead atoms. The molecule has 0 unspecified atom stereocenters. The minimum Gasteiger partial charge on any atom is -0.389 e. The number of aliphatic hydroxyl groups excluding tert-OH is 1. The highest BCUT2D eigenvalue weighted by Gasteiger charge is 2.39. The molecule has 2 fully saturated rings. The van der Waals surface area contributed by atoms with Crippen LogP contribution in [0.3, 0.4) is 0 Å². The van der Waals surface area contributed by atoms with E-state index in [2.05, 4.69) is 9.88 Å². The van der Waals surface area contributed by atoms with Gasteiger partial charge in [0.2, 0.25) is 5.91 Å². The Bertz CT molecular complexity index is 896. The average molecular weight is 435 g/mol. The Labute approximate surface area is 182 Å². The van der Waals surface area contributed by atoms with Crippen LogP contribution in [0.1, 0.15) is 31.5 Å². The van der Waals surface area contributed by atoms with Gasteiger partial charge in [0.05, 0.1) is 36.4 Å². The predicted octanol–water partition coefficient (Wildman–Crippen LogP) is 2.23. The first kappa shape index (κ1) is 21.6. The number of hydrogen-bond donors (Lipinski definition) is 1. The Balaban J connectivity index is 1.39. The van der Waals surface area contributed by atoms with E-state index in [4.69, 9.17) is 16.3 Å². The summed E-state index contributed by atoms with van der Waals surface area (Å²) in [6.45, 7) is 3.13. The molecule has 8 heteroatoms. The molecule has 0 radical (unpaired) electrons. The summed E-state index contributed by atoms with van der Waals surface area (Å²) in [6, 6.07) is 5.61. The molecule has 1 aliphatic heterocycles. The van der Waals surface area contributed by atoms with Crippen molar-refractivity contribution in [3.8, 4) is 0 Å². The Hall–Kier alpha value is -1.67. The number of ether oxygens (including phenoxy) is 1. The Morgan fingerprint density at radius 1 is 1.33 bits per heavy atom. The maximum absolute atomic E-state index is 12.9. The maximum Gasteiger partial charge on any atom is 0.223 e. The Kier molecular flexibility index (Phi) is 6.63. The van der Waals surface area contributed by atoms with Crippen molar-refractivity contribution in [2.75, 3.05) is 33.4 Å². The van der Waals surface area contributed by atoms with Crippen molar-refractivity contribution in [2.45, 2.75) is 50.3 Å². The molecule has 0 spiro atoms. The number of likely N-dealkylation sites (N-methyl/N-ethyl adjacent to an activating group) is 1. The highest BCUT2D eigenvalue weighted by atomic mass is 35.5. The molecule has 2 aromatic rings. The third-order valence-electron chi connectivity index (χ3n) is 6.69. The lowest BCUT2D eigenvalue weighted by atomic mass is 9.86. The maximum atomic E-state index is 12.9. The van der Waals surface area contributed by atoms with Crippen molar-refractivity contribution in [1.29, 1.82) is 0 Å². The zero-order chi connectivity index (χ0) is 21.3. The second-order valence-corrected chi connectivity index (χ2v) is 8.87. The molecular weight excluding hydrogens is 404 g/mol. The largest absolute Gasteiger partial charge is 0.389 e. The third-order valence-corrected chi connectivity index (χ3v) is 6.93. The van der Waals surface area contributed by atoms with E-state index in [1.165, 1.54) is 0 Å². The summed E-state index contributed by atoms with van der Waals surface area (Å²) in [5.41, 5.74) is 1.85. The highest BCUT2D eigenvalue weighted by molar-refractivity contribution is 6.31. The third kappa shape index (κ3) is 4.35. The summed E-state index contributed by atoms with van der Waals surface area (Å²) in [5, 5.41) is 11.7. The van der Waals surface area contributed by atoms with Gasteiger partial charge in [-0.1, -0.05) is 11.6 Å². The molecule has 4 rings (SSSR count). The molecule has 164 valence electrons. The van der Waals surface area contributed by atoms with Crippen molar-refractivity contribution in [2.24, 2.45) is 7.05 Å². The smallest absolute Gasteiger partial charge is 0.223 e. The van der Waals surface area contributed by atoms with Gasteiger partial charge in [0.1, 0.15) is 5.82 Å². The Morgan fingerprint density at radius 3 is 2.87 bits per heavy atom. The number of carbonyl (C=O) groups excluding carboxylic acids is 1. The number of carbonyl (C=O) groups is 1. The normalized spacial score (nSPS) is 25.5. The van der Waals surface area contributed by atoms with E-state index < -0.39 is 6.10 Å². The molecule has 1 saturated heterocycles. The molecule has 1 aromatic heterocycles. The number of imidazole rings is 1. The number of halogens is 1. The SMILES string of the molecule is CN(C(=O)CCc1nc2cc(Cl)ccc2n1C)[C@@H]1CCC[C@@H](N2CCOCC2)[C@@H]1O. The van der Waals surface area contributed by atoms with Crippen LogP contribution in [-0.4, -0.2) is 81.9 Å². The number of aryl methyl sites for hydroxylation is 2. The van der Waals surface area contributed by atoms with Crippen molar-refractivity contribution in [3.05, 3.63) is 29.0 Å². The van der Waals surface area contributed by atoms with E-state index in [9.17, 15) is 9.90 Å². The fourth-order valence-corrected chi connectivity index (χ4v) is 5.06. The van der Waals surface area contributed by atoms with Gasteiger partial charge >= 0.3 is 0 Å². The zero-order valence-corrected chi connectivity index (χ0v) is 18.5. The number of hydrogen-bond acceptors (Lipinski definition) is 5. The summed E-state index contributed by atoms with van der Waals surface area (Å²) >= 11 is 6.07. The van der Waals surface area contributed by atoms with Gasteiger partial charge in [-0.05, 0) is 37.5 Å². The summed E-state index contributed by atoms with van der Waals surface area (Å²) < 4.78 is 7.46. The molecule has 2 heterocycles. The van der Waals surface area contributed by atoms with Crippen LogP contribution in [0.5, 0.6) is 0 Å². The van der Waals surface area contributed by atoms with Gasteiger partial charge in [-0.2, -0.15) is 0 Å². The molecule has 1 aromatic carbocycles. The monoisotopic (exact) mass is 434 g/mol. The van der Waals surface area contributed by atoms with Crippen LogP contribution in [0.15, 0.2) is 18.2 Å². The number of aliphatic hydroxyl groups is 1. The number of amides is 1. The first-order chi connectivity index (χ1) is 14.5. The number of rotatable bonds is 5. The lowest BCUT2D eigenvalue weighted by molar-refractivity contribution is -0.138. The van der Waals surface area contributed by atoms with Crippen molar-refractivity contribution >= 4 is 28.5 Å². The summed E-state index contributed by atoms with van der Waals surface area (Å²) in [4.78, 5) is 21.7. The van der Waals surface area contributed by atoms with Crippen LogP contribution in [-0.2, 0) is 23.0 Å². The van der Waals surface area contributed by atoms with Gasteiger partial charge in [0, 0.05) is 51.1 Å². The quantitative estimate of drug-likeness (QED) is 0.781. The van der Waals surface area contributed by atoms with Crippen LogP contribution in [0.25, 0.3) is 11.0 Å². The summed E-state index contributed by atoms with van der Waals surface area (Å²) in [5.74, 6) is 0.913. The number of morpholine rings is 1. The lowest BCUT2D eigenvalue weighted by Gasteiger charge is -2.45. The molecule has 2 aliphatic rings. The van der Waals surface area contributed by atoms with E-state index in [0.29, 0.717) is 31.1 Å². The number of aromatic nitrogens is 2. The van der Waals surface area contributed by atoms with Crippen LogP contribution in [0.4, 0.5) is 0 Å². The van der Waals surface area contributed by atoms with E-state index >= 15 is 0 Å². The highest BCUT2D eigenvalue weighted by Crippen LogP contribution is 2.28. The predicted molar refractivity (Wildman–Crippen MR) is 117 cm³/mol. The number of benzene rings is 1. The minimum absolute atomic E-state index is 0.0479. The van der Waals surface area contributed by atoms with Crippen molar-refractivity contribution in [3.63, 3.8) is 0 Å². The number of nitrogens with zero attached hydrogens (tertiary/aromatic N) is 4. The first-order valence-corrected chi connectivity index (χ1v) is 11.2. The second kappa shape index (κ2) is 9.22. The average Bonchev–Trinajstić information content (AvgIpc) is 3.07. The van der Waals surface area contributed by atoms with Crippen molar-refractivity contribution < 1.29 is 14.6 Å². The van der Waals surface area contributed by atoms with Crippen LogP contribution in [0.2, 0.25) is 5.02 Å². The standard InChI is InChI=1S/C22H31ClN4O3/c1-25-17-7-6-15(23)14-16(17)24-20(25)8-9-21(28)26(2)18-4-3-5-19(22(18)29)27-10-12-30-13-11-27/h6-7,14,18-19,22,29H,3-5,8-13H2,1-2H3/t18-,19-,22-/m1/s1. The molecule has 1 amide bonds. The lowest BCUT2D eigenvalue weighted by Crippen LogP contribution is -2.58. The van der Waals surface area contributed by atoms with Gasteiger partial charge in [-0.15, -0.1) is 0 Å². The van der Waals surface area contributed by atoms with Crippen LogP contribution < -0.4 is 0 Å². The van der Waals surface area contributed by atoms with E-state index in [0.717, 1.165) is 49.2 Å². The molecule has 1 aliphatic carbocycles. The van der Waals surface area contributed by atoms with E-state index in [-0.39, 0.29) is 18.0 Å². The first-order valence-electron chi connectivity index (χ1n) is 10.8. The molecular formula is C22H31ClN4O3. The fourth-order valence-electron chi connectivity index (χ4n) is 4.89. The van der Waals surface area contributed by atoms with Gasteiger partial charge in [-0.3, -0.25) is 9.69 Å². The second-order valence-electron chi connectivity index (χ2n) is 8.43. The van der Waals surface area contributed by atoms with Gasteiger partial charge in [0.15, 0.2) is 0 Å². The fraction of sp³-hybridized carbons (Fsp3) is 0.636. The Morgan fingerprint density at radius 2 is 2.10 bits per heavy atom. The molecule has 3 atom stereocenters. The molecule has 1 N–H and O–H groups in total.